The van der Waals surface area contributed by atoms with Gasteiger partial charge in [-0.3, -0.25) is 19.4 Å². The highest BCUT2D eigenvalue weighted by molar-refractivity contribution is 5.94. The Morgan fingerprint density at radius 2 is 1.68 bits per heavy atom. The van der Waals surface area contributed by atoms with E-state index in [1.54, 1.807) is 0 Å². The fraction of sp³-hybridized carbons (Fsp3) is 0.636. The van der Waals surface area contributed by atoms with Crippen molar-refractivity contribution in [2.24, 2.45) is 27.9 Å². The number of aliphatic imine (C=N–C) groups is 1. The highest BCUT2D eigenvalue weighted by Gasteiger charge is 2.32. The highest BCUT2D eigenvalue weighted by Crippen LogP contribution is 2.06. The monoisotopic (exact) mass is 540 g/mol. The SMILES string of the molecule is CC(O)C(NC(=O)C(CCCN=C(N)N)NC(=O)C(N)Cc1cnc[nH]1)C(=O)NC(CCCCN)C(=O)O. The summed E-state index contributed by atoms with van der Waals surface area (Å²) in [6.07, 6.45) is 3.23. The Labute approximate surface area is 220 Å². The number of aromatic amines is 1. The van der Waals surface area contributed by atoms with Gasteiger partial charge < -0.3 is 54.1 Å². The summed E-state index contributed by atoms with van der Waals surface area (Å²) >= 11 is 0. The number of nitrogens with one attached hydrogen (secondary N) is 4. The van der Waals surface area contributed by atoms with Crippen molar-refractivity contribution in [1.82, 2.24) is 25.9 Å². The van der Waals surface area contributed by atoms with Gasteiger partial charge >= 0.3 is 5.97 Å². The number of carbonyl (C=O) groups is 4. The smallest absolute Gasteiger partial charge is 0.326 e. The normalized spacial score (nSPS) is 14.8. The largest absolute Gasteiger partial charge is 0.480 e. The average molecular weight is 541 g/mol. The van der Waals surface area contributed by atoms with Gasteiger partial charge in [-0.25, -0.2) is 9.78 Å². The van der Waals surface area contributed by atoms with Gasteiger partial charge in [0.05, 0.1) is 18.5 Å². The van der Waals surface area contributed by atoms with Crippen molar-refractivity contribution in [2.45, 2.75) is 75.7 Å². The number of hydrogen-bond acceptors (Lipinski definition) is 9. The van der Waals surface area contributed by atoms with Crippen LogP contribution in [0, 0.1) is 0 Å². The molecule has 16 heteroatoms. The lowest BCUT2D eigenvalue weighted by Crippen LogP contribution is -2.60. The minimum Gasteiger partial charge on any atom is -0.480 e. The molecule has 214 valence electrons. The molecule has 16 nitrogen and oxygen atoms in total. The lowest BCUT2D eigenvalue weighted by atomic mass is 10.1. The second kappa shape index (κ2) is 16.9. The minimum absolute atomic E-state index is 0.0795. The number of carboxylic acid groups (broad SMARTS) is 1. The van der Waals surface area contributed by atoms with Crippen molar-refractivity contribution in [1.29, 1.82) is 0 Å². The van der Waals surface area contributed by atoms with Gasteiger partial charge in [-0.15, -0.1) is 0 Å². The number of carboxylic acids is 1. The molecule has 1 heterocycles. The zero-order chi connectivity index (χ0) is 28.7. The molecular weight excluding hydrogens is 500 g/mol. The van der Waals surface area contributed by atoms with E-state index in [0.717, 1.165) is 0 Å². The predicted octanol–water partition coefficient (Wildman–Crippen LogP) is -3.62. The Balaban J connectivity index is 2.94. The van der Waals surface area contributed by atoms with Crippen molar-refractivity contribution in [3.05, 3.63) is 18.2 Å². The summed E-state index contributed by atoms with van der Waals surface area (Å²) in [4.78, 5) is 60.7. The summed E-state index contributed by atoms with van der Waals surface area (Å²) in [6.45, 7) is 1.81. The molecule has 0 aromatic carbocycles. The molecule has 0 radical (unpaired) electrons. The summed E-state index contributed by atoms with van der Waals surface area (Å²) in [6, 6.07) is -4.89. The average Bonchev–Trinajstić information content (AvgIpc) is 3.35. The van der Waals surface area contributed by atoms with E-state index in [-0.39, 0.29) is 31.8 Å². The maximum atomic E-state index is 13.1. The van der Waals surface area contributed by atoms with Crippen LogP contribution in [0.2, 0.25) is 0 Å². The van der Waals surface area contributed by atoms with Crippen LogP contribution < -0.4 is 38.9 Å². The lowest BCUT2D eigenvalue weighted by Gasteiger charge is -2.26. The quantitative estimate of drug-likeness (QED) is 0.0492. The number of hydrogen-bond donors (Lipinski definition) is 10. The van der Waals surface area contributed by atoms with Crippen molar-refractivity contribution in [3.63, 3.8) is 0 Å². The van der Waals surface area contributed by atoms with E-state index in [9.17, 15) is 29.4 Å². The molecule has 1 aromatic heterocycles. The van der Waals surface area contributed by atoms with Gasteiger partial charge in [-0.05, 0) is 45.6 Å². The Bertz CT molecular complexity index is 920. The fourth-order valence-electron chi connectivity index (χ4n) is 3.45. The van der Waals surface area contributed by atoms with Crippen LogP contribution >= 0.6 is 0 Å². The van der Waals surface area contributed by atoms with E-state index in [1.807, 2.05) is 0 Å². The number of imidazole rings is 1. The zero-order valence-corrected chi connectivity index (χ0v) is 21.4. The van der Waals surface area contributed by atoms with Crippen LogP contribution in [0.5, 0.6) is 0 Å². The van der Waals surface area contributed by atoms with E-state index in [4.69, 9.17) is 22.9 Å². The third-order valence-corrected chi connectivity index (χ3v) is 5.53. The zero-order valence-electron chi connectivity index (χ0n) is 21.4. The number of aromatic nitrogens is 2. The van der Waals surface area contributed by atoms with Crippen molar-refractivity contribution in [3.8, 4) is 0 Å². The van der Waals surface area contributed by atoms with Crippen LogP contribution in [0.25, 0.3) is 0 Å². The van der Waals surface area contributed by atoms with E-state index < -0.39 is 54.0 Å². The molecule has 0 saturated carbocycles. The van der Waals surface area contributed by atoms with E-state index >= 15 is 0 Å². The Hall–Kier alpha value is -3.76. The van der Waals surface area contributed by atoms with Crippen LogP contribution in [-0.4, -0.2) is 93.2 Å². The standard InChI is InChI=1S/C22H40N10O6/c1-12(33)17(20(36)31-16(21(37)38)5-2-3-7-23)32-19(35)15(6-4-8-28-22(25)26)30-18(34)14(24)9-13-10-27-11-29-13/h10-12,14-17,33H,2-9,23-24H2,1H3,(H,27,29)(H,30,34)(H,31,36)(H,32,35)(H,37,38)(H4,25,26,28). The van der Waals surface area contributed by atoms with Gasteiger partial charge in [0.1, 0.15) is 18.1 Å². The molecule has 0 aliphatic rings. The number of aliphatic hydroxyl groups excluding tert-OH is 1. The molecular formula is C22H40N10O6. The van der Waals surface area contributed by atoms with Gasteiger partial charge in [0.25, 0.3) is 0 Å². The summed E-state index contributed by atoms with van der Waals surface area (Å²) < 4.78 is 0. The second-order valence-corrected chi connectivity index (χ2v) is 8.81. The molecule has 1 aromatic rings. The molecule has 38 heavy (non-hydrogen) atoms. The second-order valence-electron chi connectivity index (χ2n) is 8.81. The molecule has 0 saturated heterocycles. The van der Waals surface area contributed by atoms with Crippen molar-refractivity contribution >= 4 is 29.7 Å². The Morgan fingerprint density at radius 1 is 1.03 bits per heavy atom. The molecule has 0 aliphatic heterocycles. The Kier molecular flexibility index (Phi) is 14.3. The van der Waals surface area contributed by atoms with Crippen LogP contribution in [-0.2, 0) is 25.6 Å². The first kappa shape index (κ1) is 32.3. The summed E-state index contributed by atoms with van der Waals surface area (Å²) in [5, 5.41) is 26.9. The van der Waals surface area contributed by atoms with E-state index in [1.165, 1.54) is 19.4 Å². The first-order valence-electron chi connectivity index (χ1n) is 12.3. The van der Waals surface area contributed by atoms with Crippen LogP contribution in [0.15, 0.2) is 17.5 Å². The first-order valence-corrected chi connectivity index (χ1v) is 12.3. The molecule has 5 unspecified atom stereocenters. The third kappa shape index (κ3) is 12.0. The molecule has 1 rings (SSSR count). The van der Waals surface area contributed by atoms with Gasteiger partial charge in [-0.1, -0.05) is 0 Å². The van der Waals surface area contributed by atoms with Gasteiger partial charge in [0.2, 0.25) is 17.7 Å². The number of nitrogens with zero attached hydrogens (tertiary/aromatic N) is 2. The summed E-state index contributed by atoms with van der Waals surface area (Å²) in [5.41, 5.74) is 22.7. The predicted molar refractivity (Wildman–Crippen MR) is 138 cm³/mol. The number of nitrogens with two attached hydrogens (primary N) is 4. The number of carbonyl (C=O) groups excluding carboxylic acids is 3. The number of unbranched alkanes of at least 4 members (excludes halogenated alkanes) is 1. The molecule has 3 amide bonds. The molecule has 0 bridgehead atoms. The minimum atomic E-state index is -1.49. The van der Waals surface area contributed by atoms with E-state index in [0.29, 0.717) is 31.5 Å². The van der Waals surface area contributed by atoms with Crippen LogP contribution in [0.4, 0.5) is 0 Å². The van der Waals surface area contributed by atoms with Gasteiger partial charge in [-0.2, -0.15) is 0 Å². The fourth-order valence-corrected chi connectivity index (χ4v) is 3.45. The third-order valence-electron chi connectivity index (χ3n) is 5.53. The molecule has 5 atom stereocenters. The van der Waals surface area contributed by atoms with Crippen molar-refractivity contribution < 1.29 is 29.4 Å². The Morgan fingerprint density at radius 3 is 2.24 bits per heavy atom. The number of rotatable bonds is 18. The summed E-state index contributed by atoms with van der Waals surface area (Å²) in [5.74, 6) is -3.71. The van der Waals surface area contributed by atoms with Crippen molar-refractivity contribution in [2.75, 3.05) is 13.1 Å². The highest BCUT2D eigenvalue weighted by atomic mass is 16.4. The first-order chi connectivity index (χ1) is 18.0. The number of aliphatic carboxylic acids is 1. The molecule has 0 aliphatic carbocycles. The van der Waals surface area contributed by atoms with Gasteiger partial charge in [0.15, 0.2) is 5.96 Å². The number of guanidine groups is 1. The van der Waals surface area contributed by atoms with E-state index in [2.05, 4.69) is 30.9 Å². The van der Waals surface area contributed by atoms with Gasteiger partial charge in [0, 0.05) is 24.9 Å². The topological polar surface area (TPSA) is 290 Å². The lowest BCUT2D eigenvalue weighted by molar-refractivity contribution is -0.143. The maximum Gasteiger partial charge on any atom is 0.326 e. The molecule has 0 spiro atoms. The molecule has 14 N–H and O–H groups in total. The van der Waals surface area contributed by atoms with Crippen LogP contribution in [0.1, 0.15) is 44.7 Å². The summed E-state index contributed by atoms with van der Waals surface area (Å²) in [7, 11) is 0. The number of aliphatic hydroxyl groups is 1. The number of H-pyrrole nitrogens is 1. The number of amides is 3. The van der Waals surface area contributed by atoms with Crippen LogP contribution in [0.3, 0.4) is 0 Å². The maximum absolute atomic E-state index is 13.1. The molecule has 0 fully saturated rings.